The molecule has 2 heterocycles. The predicted octanol–water partition coefficient (Wildman–Crippen LogP) is 0.439. The summed E-state index contributed by atoms with van der Waals surface area (Å²) in [5, 5.41) is 15.6. The molecule has 15 heavy (non-hydrogen) atoms. The van der Waals surface area contributed by atoms with E-state index in [0.717, 1.165) is 31.8 Å². The van der Waals surface area contributed by atoms with Gasteiger partial charge in [0.15, 0.2) is 0 Å². The largest absolute Gasteiger partial charge is 0.481 e. The Labute approximate surface area is 90.4 Å². The van der Waals surface area contributed by atoms with Gasteiger partial charge in [0, 0.05) is 12.6 Å². The number of carboxylic acids is 1. The summed E-state index contributed by atoms with van der Waals surface area (Å²) < 4.78 is 0. The van der Waals surface area contributed by atoms with E-state index in [0.29, 0.717) is 12.6 Å². The Balaban J connectivity index is 1.74. The quantitative estimate of drug-likeness (QED) is 0.635. The van der Waals surface area contributed by atoms with Gasteiger partial charge in [-0.15, -0.1) is 0 Å². The lowest BCUT2D eigenvalue weighted by atomic mass is 9.91. The van der Waals surface area contributed by atoms with Crippen LogP contribution in [0.3, 0.4) is 0 Å². The minimum Gasteiger partial charge on any atom is -0.481 e. The van der Waals surface area contributed by atoms with E-state index in [1.807, 2.05) is 0 Å². The molecule has 3 unspecified atom stereocenters. The molecule has 0 saturated carbocycles. The highest BCUT2D eigenvalue weighted by molar-refractivity contribution is 5.70. The van der Waals surface area contributed by atoms with Crippen LogP contribution in [0.4, 0.5) is 0 Å². The van der Waals surface area contributed by atoms with E-state index < -0.39 is 5.97 Å². The molecule has 0 aliphatic carbocycles. The van der Waals surface area contributed by atoms with Gasteiger partial charge >= 0.3 is 5.97 Å². The molecule has 4 heteroatoms. The van der Waals surface area contributed by atoms with Gasteiger partial charge in [-0.25, -0.2) is 0 Å². The second-order valence-corrected chi connectivity index (χ2v) is 4.82. The molecule has 2 saturated heterocycles. The molecule has 0 aromatic heterocycles. The molecule has 2 rings (SSSR count). The van der Waals surface area contributed by atoms with Crippen LogP contribution in [-0.4, -0.2) is 36.8 Å². The van der Waals surface area contributed by atoms with Gasteiger partial charge in [-0.1, -0.05) is 0 Å². The Hall–Kier alpha value is -0.610. The van der Waals surface area contributed by atoms with E-state index in [4.69, 9.17) is 5.11 Å². The fourth-order valence-electron chi connectivity index (χ4n) is 2.71. The highest BCUT2D eigenvalue weighted by Crippen LogP contribution is 2.23. The standard InChI is InChI=1S/C11H20N2O2/c14-11(15)9-5-10(13-7-9)4-8-2-1-3-12-6-8/h8-10,12-13H,1-7H2,(H,14,15). The third-order valence-electron chi connectivity index (χ3n) is 3.59. The lowest BCUT2D eigenvalue weighted by Gasteiger charge is -2.25. The molecule has 2 fully saturated rings. The van der Waals surface area contributed by atoms with Crippen LogP contribution in [0.2, 0.25) is 0 Å². The van der Waals surface area contributed by atoms with Crippen molar-refractivity contribution in [2.45, 2.75) is 31.7 Å². The second kappa shape index (κ2) is 4.94. The number of piperidine rings is 1. The van der Waals surface area contributed by atoms with Crippen molar-refractivity contribution >= 4 is 5.97 Å². The van der Waals surface area contributed by atoms with Gasteiger partial charge in [-0.3, -0.25) is 4.79 Å². The van der Waals surface area contributed by atoms with E-state index in [1.165, 1.54) is 12.8 Å². The number of hydrogen-bond acceptors (Lipinski definition) is 3. The zero-order valence-electron chi connectivity index (χ0n) is 9.04. The normalized spacial score (nSPS) is 36.7. The number of carboxylic acid groups (broad SMARTS) is 1. The van der Waals surface area contributed by atoms with Crippen molar-refractivity contribution < 1.29 is 9.90 Å². The molecule has 0 spiro atoms. The molecule has 3 atom stereocenters. The first-order valence-corrected chi connectivity index (χ1v) is 5.92. The maximum atomic E-state index is 10.8. The molecule has 0 radical (unpaired) electrons. The first-order valence-electron chi connectivity index (χ1n) is 5.92. The fourth-order valence-corrected chi connectivity index (χ4v) is 2.71. The molecule has 4 nitrogen and oxygen atoms in total. The van der Waals surface area contributed by atoms with Gasteiger partial charge < -0.3 is 15.7 Å². The SMILES string of the molecule is O=C(O)C1CNC(CC2CCCNC2)C1. The van der Waals surface area contributed by atoms with Crippen molar-refractivity contribution in [3.63, 3.8) is 0 Å². The van der Waals surface area contributed by atoms with Gasteiger partial charge in [-0.2, -0.15) is 0 Å². The van der Waals surface area contributed by atoms with Crippen molar-refractivity contribution in [1.29, 1.82) is 0 Å². The zero-order valence-corrected chi connectivity index (χ0v) is 9.04. The third-order valence-corrected chi connectivity index (χ3v) is 3.59. The number of rotatable bonds is 3. The number of nitrogens with one attached hydrogen (secondary N) is 2. The molecule has 2 aliphatic rings. The van der Waals surface area contributed by atoms with Gasteiger partial charge in [0.25, 0.3) is 0 Å². The average Bonchev–Trinajstić information content (AvgIpc) is 2.68. The van der Waals surface area contributed by atoms with Crippen LogP contribution in [-0.2, 0) is 4.79 Å². The Morgan fingerprint density at radius 2 is 2.27 bits per heavy atom. The third kappa shape index (κ3) is 2.92. The van der Waals surface area contributed by atoms with Crippen molar-refractivity contribution in [2.75, 3.05) is 19.6 Å². The Bertz CT molecular complexity index is 227. The average molecular weight is 212 g/mol. The Morgan fingerprint density at radius 1 is 1.40 bits per heavy atom. The Morgan fingerprint density at radius 3 is 2.87 bits per heavy atom. The number of hydrogen-bond donors (Lipinski definition) is 3. The minimum atomic E-state index is -0.647. The van der Waals surface area contributed by atoms with E-state index in [1.54, 1.807) is 0 Å². The zero-order chi connectivity index (χ0) is 10.7. The summed E-state index contributed by atoms with van der Waals surface area (Å²) in [6.07, 6.45) is 4.51. The fraction of sp³-hybridized carbons (Fsp3) is 0.909. The predicted molar refractivity (Wildman–Crippen MR) is 57.7 cm³/mol. The van der Waals surface area contributed by atoms with E-state index in [2.05, 4.69) is 10.6 Å². The minimum absolute atomic E-state index is 0.161. The van der Waals surface area contributed by atoms with Gasteiger partial charge in [0.1, 0.15) is 0 Å². The summed E-state index contributed by atoms with van der Waals surface area (Å²) in [6, 6.07) is 0.427. The van der Waals surface area contributed by atoms with Crippen LogP contribution in [0, 0.1) is 11.8 Å². The molecule has 0 bridgehead atoms. The molecule has 3 N–H and O–H groups in total. The smallest absolute Gasteiger partial charge is 0.307 e. The van der Waals surface area contributed by atoms with E-state index in [9.17, 15) is 4.79 Å². The van der Waals surface area contributed by atoms with Crippen molar-refractivity contribution in [3.8, 4) is 0 Å². The lowest BCUT2D eigenvalue weighted by Crippen LogP contribution is -2.34. The highest BCUT2D eigenvalue weighted by Gasteiger charge is 2.30. The van der Waals surface area contributed by atoms with Gasteiger partial charge in [0.2, 0.25) is 0 Å². The summed E-state index contributed by atoms with van der Waals surface area (Å²) in [4.78, 5) is 10.8. The van der Waals surface area contributed by atoms with Crippen molar-refractivity contribution in [3.05, 3.63) is 0 Å². The van der Waals surface area contributed by atoms with Gasteiger partial charge in [0.05, 0.1) is 5.92 Å². The second-order valence-electron chi connectivity index (χ2n) is 4.82. The van der Waals surface area contributed by atoms with E-state index in [-0.39, 0.29) is 5.92 Å². The van der Waals surface area contributed by atoms with Crippen molar-refractivity contribution in [1.82, 2.24) is 10.6 Å². The summed E-state index contributed by atoms with van der Waals surface area (Å²) in [7, 11) is 0. The molecular formula is C11H20N2O2. The number of aliphatic carboxylic acids is 1. The molecule has 0 aromatic rings. The molecule has 86 valence electrons. The maximum Gasteiger partial charge on any atom is 0.307 e. The molecular weight excluding hydrogens is 192 g/mol. The van der Waals surface area contributed by atoms with Crippen LogP contribution >= 0.6 is 0 Å². The summed E-state index contributed by atoms with van der Waals surface area (Å²) in [6.45, 7) is 2.91. The molecule has 0 amide bonds. The van der Waals surface area contributed by atoms with Crippen LogP contribution in [0.15, 0.2) is 0 Å². The van der Waals surface area contributed by atoms with Gasteiger partial charge in [-0.05, 0) is 44.7 Å². The van der Waals surface area contributed by atoms with Crippen LogP contribution in [0.5, 0.6) is 0 Å². The maximum absolute atomic E-state index is 10.8. The topological polar surface area (TPSA) is 61.4 Å². The number of carbonyl (C=O) groups is 1. The highest BCUT2D eigenvalue weighted by atomic mass is 16.4. The van der Waals surface area contributed by atoms with Crippen LogP contribution in [0.25, 0.3) is 0 Å². The van der Waals surface area contributed by atoms with Crippen LogP contribution < -0.4 is 10.6 Å². The van der Waals surface area contributed by atoms with Crippen LogP contribution in [0.1, 0.15) is 25.7 Å². The summed E-state index contributed by atoms with van der Waals surface area (Å²) in [5.41, 5.74) is 0. The monoisotopic (exact) mass is 212 g/mol. The lowest BCUT2D eigenvalue weighted by molar-refractivity contribution is -0.141. The first-order chi connectivity index (χ1) is 7.25. The van der Waals surface area contributed by atoms with E-state index >= 15 is 0 Å². The summed E-state index contributed by atoms with van der Waals surface area (Å²) >= 11 is 0. The Kier molecular flexibility index (Phi) is 3.59. The summed E-state index contributed by atoms with van der Waals surface area (Å²) in [5.74, 6) is -0.0675. The first kappa shape index (κ1) is 10.9. The van der Waals surface area contributed by atoms with Crippen molar-refractivity contribution in [2.24, 2.45) is 11.8 Å². The molecule has 2 aliphatic heterocycles. The molecule has 0 aromatic carbocycles.